The third-order valence-corrected chi connectivity index (χ3v) is 9.67. The zero-order valence-electron chi connectivity index (χ0n) is 20.2. The number of hydrogen-bond donors (Lipinski definition) is 3. The zero-order chi connectivity index (χ0) is 27.3. The van der Waals surface area contributed by atoms with Crippen LogP contribution in [0.1, 0.15) is 52.0 Å². The topological polar surface area (TPSA) is 87.3 Å². The summed E-state index contributed by atoms with van der Waals surface area (Å²) in [5, 5.41) is 6.61. The van der Waals surface area contributed by atoms with Crippen LogP contribution in [0, 0.1) is 0 Å². The number of carbonyl (C=O) groups is 1. The Hall–Kier alpha value is -2.44. The van der Waals surface area contributed by atoms with E-state index in [1.807, 2.05) is 0 Å². The van der Waals surface area contributed by atoms with Crippen LogP contribution >= 0.6 is 22.9 Å². The van der Waals surface area contributed by atoms with Crippen molar-refractivity contribution < 1.29 is 26.4 Å². The minimum atomic E-state index is -4.39. The van der Waals surface area contributed by atoms with Crippen LogP contribution in [0.3, 0.4) is 0 Å². The van der Waals surface area contributed by atoms with Gasteiger partial charge < -0.3 is 10.6 Å². The first kappa shape index (κ1) is 28.6. The molecule has 0 bridgehead atoms. The number of thiophene rings is 1. The fourth-order valence-electron chi connectivity index (χ4n) is 4.30. The van der Waals surface area contributed by atoms with E-state index in [4.69, 9.17) is 11.6 Å². The molecule has 1 aromatic heterocycles. The fourth-order valence-corrected chi connectivity index (χ4v) is 7.05. The molecule has 3 N–H and O–H groups in total. The van der Waals surface area contributed by atoms with E-state index in [0.717, 1.165) is 42.7 Å². The molecule has 0 saturated heterocycles. The summed E-state index contributed by atoms with van der Waals surface area (Å²) in [7, 11) is -3.80. The van der Waals surface area contributed by atoms with E-state index in [1.54, 1.807) is 30.3 Å². The first-order chi connectivity index (χ1) is 18.0. The van der Waals surface area contributed by atoms with Crippen molar-refractivity contribution >= 4 is 38.9 Å². The van der Waals surface area contributed by atoms with E-state index in [9.17, 15) is 26.4 Å². The molecule has 1 amide bonds. The molecule has 0 radical (unpaired) electrons. The van der Waals surface area contributed by atoms with Crippen molar-refractivity contribution in [2.24, 2.45) is 0 Å². The Morgan fingerprint density at radius 3 is 2.24 bits per heavy atom. The Morgan fingerprint density at radius 1 is 0.921 bits per heavy atom. The van der Waals surface area contributed by atoms with E-state index >= 15 is 0 Å². The minimum Gasteiger partial charge on any atom is -0.347 e. The van der Waals surface area contributed by atoms with Gasteiger partial charge in [-0.2, -0.15) is 13.2 Å². The highest BCUT2D eigenvalue weighted by molar-refractivity contribution is 7.91. The van der Waals surface area contributed by atoms with Crippen molar-refractivity contribution in [3.8, 4) is 0 Å². The summed E-state index contributed by atoms with van der Waals surface area (Å²) in [6, 6.07) is 14.1. The van der Waals surface area contributed by atoms with Gasteiger partial charge in [0.05, 0.1) is 12.1 Å². The van der Waals surface area contributed by atoms with Crippen LogP contribution in [0.25, 0.3) is 0 Å². The summed E-state index contributed by atoms with van der Waals surface area (Å²) in [6.07, 6.45) is -1.18. The van der Waals surface area contributed by atoms with Gasteiger partial charge in [0.15, 0.2) is 0 Å². The number of amides is 1. The Kier molecular flexibility index (Phi) is 9.15. The molecule has 1 aliphatic rings. The van der Waals surface area contributed by atoms with Gasteiger partial charge in [-0.3, -0.25) is 4.79 Å². The number of hydrogen-bond acceptors (Lipinski definition) is 5. The molecule has 2 aromatic carbocycles. The average Bonchev–Trinajstić information content (AvgIpc) is 3.37. The molecule has 6 nitrogen and oxygen atoms in total. The second-order valence-electron chi connectivity index (χ2n) is 9.10. The van der Waals surface area contributed by atoms with Crippen molar-refractivity contribution in [1.82, 2.24) is 15.4 Å². The molecule has 2 unspecified atom stereocenters. The SMILES string of the molecule is O=C(NCc1ccc(S(=O)(=O)NC2CCCCC2NCc2ccc(C(F)(F)F)cc2)s1)c1ccc(Cl)cc1. The van der Waals surface area contributed by atoms with Crippen molar-refractivity contribution in [1.29, 1.82) is 0 Å². The number of halogens is 4. The quantitative estimate of drug-likeness (QED) is 0.299. The van der Waals surface area contributed by atoms with Gasteiger partial charge in [0.2, 0.25) is 10.0 Å². The molecule has 3 aromatic rings. The zero-order valence-corrected chi connectivity index (χ0v) is 22.6. The monoisotopic (exact) mass is 585 g/mol. The standard InChI is InChI=1S/C26H27ClF3N3O3S2/c27-20-11-7-18(8-12-20)25(34)32-16-21-13-14-24(37-21)38(35,36)33-23-4-2-1-3-22(23)31-15-17-5-9-19(10-6-17)26(28,29)30/h5-14,22-23,31,33H,1-4,15-16H2,(H,32,34). The predicted octanol–water partition coefficient (Wildman–Crippen LogP) is 5.73. The van der Waals surface area contributed by atoms with Crippen LogP contribution in [0.5, 0.6) is 0 Å². The summed E-state index contributed by atoms with van der Waals surface area (Å²) in [4.78, 5) is 13.0. The van der Waals surface area contributed by atoms with E-state index in [0.29, 0.717) is 34.0 Å². The maximum absolute atomic E-state index is 13.1. The van der Waals surface area contributed by atoms with Crippen LogP contribution in [-0.2, 0) is 29.3 Å². The molecule has 0 aliphatic heterocycles. The lowest BCUT2D eigenvalue weighted by Gasteiger charge is -2.32. The maximum Gasteiger partial charge on any atom is 0.416 e. The Labute approximate surface area is 228 Å². The number of sulfonamides is 1. The van der Waals surface area contributed by atoms with Gasteiger partial charge in [0.25, 0.3) is 5.91 Å². The number of rotatable bonds is 9. The Morgan fingerprint density at radius 2 is 1.58 bits per heavy atom. The molecule has 204 valence electrons. The van der Waals surface area contributed by atoms with Crippen LogP contribution in [-0.4, -0.2) is 26.4 Å². The lowest BCUT2D eigenvalue weighted by molar-refractivity contribution is -0.137. The number of benzene rings is 2. The van der Waals surface area contributed by atoms with Gasteiger partial charge in [0.1, 0.15) is 4.21 Å². The third-order valence-electron chi connectivity index (χ3n) is 6.35. The third kappa shape index (κ3) is 7.57. The van der Waals surface area contributed by atoms with E-state index < -0.39 is 21.8 Å². The lowest BCUT2D eigenvalue weighted by Crippen LogP contribution is -2.51. The molecule has 1 aliphatic carbocycles. The molecular weight excluding hydrogens is 559 g/mol. The molecule has 1 fully saturated rings. The molecule has 1 saturated carbocycles. The summed E-state index contributed by atoms with van der Waals surface area (Å²) in [6.45, 7) is 0.514. The van der Waals surface area contributed by atoms with Crippen molar-refractivity contribution in [3.05, 3.63) is 87.3 Å². The minimum absolute atomic E-state index is 0.153. The second kappa shape index (κ2) is 12.2. The van der Waals surface area contributed by atoms with E-state index in [-0.39, 0.29) is 28.7 Å². The smallest absolute Gasteiger partial charge is 0.347 e. The number of carbonyl (C=O) groups excluding carboxylic acids is 1. The molecule has 2 atom stereocenters. The van der Waals surface area contributed by atoms with Crippen LogP contribution in [0.15, 0.2) is 64.9 Å². The Bertz CT molecular complexity index is 1340. The lowest BCUT2D eigenvalue weighted by atomic mass is 9.91. The first-order valence-corrected chi connectivity index (χ1v) is 14.7. The molecule has 38 heavy (non-hydrogen) atoms. The highest BCUT2D eigenvalue weighted by Gasteiger charge is 2.31. The molecular formula is C26H27ClF3N3O3S2. The van der Waals surface area contributed by atoms with E-state index in [2.05, 4.69) is 15.4 Å². The largest absolute Gasteiger partial charge is 0.416 e. The number of alkyl halides is 3. The van der Waals surface area contributed by atoms with Crippen molar-refractivity contribution in [2.75, 3.05) is 0 Å². The highest BCUT2D eigenvalue weighted by Crippen LogP contribution is 2.29. The molecule has 0 spiro atoms. The van der Waals surface area contributed by atoms with E-state index in [1.165, 1.54) is 18.2 Å². The molecule has 1 heterocycles. The van der Waals surface area contributed by atoms with Gasteiger partial charge in [-0.05, 0) is 66.9 Å². The normalized spacial score (nSPS) is 18.3. The van der Waals surface area contributed by atoms with Gasteiger partial charge in [0, 0.05) is 34.1 Å². The fraction of sp³-hybridized carbons (Fsp3) is 0.346. The average molecular weight is 586 g/mol. The number of nitrogens with one attached hydrogen (secondary N) is 3. The van der Waals surface area contributed by atoms with Crippen LogP contribution in [0.4, 0.5) is 13.2 Å². The highest BCUT2D eigenvalue weighted by atomic mass is 35.5. The molecule has 4 rings (SSSR count). The second-order valence-corrected chi connectivity index (χ2v) is 12.7. The van der Waals surface area contributed by atoms with Gasteiger partial charge in [-0.15, -0.1) is 11.3 Å². The van der Waals surface area contributed by atoms with Crippen molar-refractivity contribution in [2.45, 2.75) is 61.2 Å². The molecule has 12 heteroatoms. The van der Waals surface area contributed by atoms with Crippen molar-refractivity contribution in [3.63, 3.8) is 0 Å². The first-order valence-electron chi connectivity index (χ1n) is 12.1. The van der Waals surface area contributed by atoms with Crippen LogP contribution in [0.2, 0.25) is 5.02 Å². The van der Waals surface area contributed by atoms with Gasteiger partial charge in [-0.1, -0.05) is 36.6 Å². The summed E-state index contributed by atoms with van der Waals surface area (Å²) < 4.78 is 67.6. The maximum atomic E-state index is 13.1. The summed E-state index contributed by atoms with van der Waals surface area (Å²) >= 11 is 6.93. The summed E-state index contributed by atoms with van der Waals surface area (Å²) in [5.74, 6) is -0.290. The van der Waals surface area contributed by atoms with Crippen LogP contribution < -0.4 is 15.4 Å². The summed E-state index contributed by atoms with van der Waals surface area (Å²) in [5.41, 5.74) is 0.436. The van der Waals surface area contributed by atoms with Gasteiger partial charge in [-0.25, -0.2) is 13.1 Å². The predicted molar refractivity (Wildman–Crippen MR) is 142 cm³/mol. The van der Waals surface area contributed by atoms with Gasteiger partial charge >= 0.3 is 6.18 Å². The Balaban J connectivity index is 1.34.